The van der Waals surface area contributed by atoms with Gasteiger partial charge in [-0.05, 0) is 54.8 Å². The van der Waals surface area contributed by atoms with E-state index in [1.807, 2.05) is 25.1 Å². The van der Waals surface area contributed by atoms with E-state index in [-0.39, 0.29) is 17.4 Å². The Morgan fingerprint density at radius 3 is 2.71 bits per heavy atom. The van der Waals surface area contributed by atoms with Gasteiger partial charge in [0.25, 0.3) is 11.7 Å². The molecule has 1 saturated heterocycles. The number of methoxy groups -OCH3 is 1. The number of carbonyl (C=O) groups is 2. The highest BCUT2D eigenvalue weighted by Crippen LogP contribution is 2.41. The number of hydrogen-bond donors (Lipinski definition) is 1. The quantitative estimate of drug-likeness (QED) is 0.199. The summed E-state index contributed by atoms with van der Waals surface area (Å²) in [5, 5.41) is 11.3. The number of aliphatic hydroxyl groups excluding tert-OH is 1. The summed E-state index contributed by atoms with van der Waals surface area (Å²) in [5.74, 6) is -0.0971. The van der Waals surface area contributed by atoms with Gasteiger partial charge in [-0.2, -0.15) is 0 Å². The lowest BCUT2D eigenvalue weighted by Gasteiger charge is -2.25. The summed E-state index contributed by atoms with van der Waals surface area (Å²) in [7, 11) is 1.59. The number of hydrogen-bond acceptors (Lipinski definition) is 6. The number of ether oxygens (including phenoxy) is 3. The summed E-state index contributed by atoms with van der Waals surface area (Å²) in [6.45, 7) is 6.77. The number of ketones is 1. The Balaban J connectivity index is 1.75. The van der Waals surface area contributed by atoms with Crippen LogP contribution in [0.15, 0.2) is 60.7 Å². The van der Waals surface area contributed by atoms with E-state index in [0.29, 0.717) is 43.1 Å². The van der Waals surface area contributed by atoms with Crippen LogP contribution in [0.3, 0.4) is 0 Å². The van der Waals surface area contributed by atoms with Crippen LogP contribution < -0.4 is 9.47 Å². The Kier molecular flexibility index (Phi) is 7.03. The van der Waals surface area contributed by atoms with Crippen LogP contribution in [0.25, 0.3) is 5.76 Å². The molecule has 4 rings (SSSR count). The number of likely N-dealkylation sites (tertiary alicyclic amines) is 1. The molecule has 1 fully saturated rings. The first-order valence-electron chi connectivity index (χ1n) is 11.4. The Labute approximate surface area is 199 Å². The van der Waals surface area contributed by atoms with Crippen LogP contribution in [0.5, 0.6) is 11.5 Å². The van der Waals surface area contributed by atoms with Crippen molar-refractivity contribution in [1.29, 1.82) is 0 Å². The average molecular weight is 464 g/mol. The molecule has 2 heterocycles. The van der Waals surface area contributed by atoms with E-state index in [9.17, 15) is 14.7 Å². The molecule has 34 heavy (non-hydrogen) atoms. The molecule has 2 aliphatic heterocycles. The molecule has 0 saturated carbocycles. The second-order valence-electron chi connectivity index (χ2n) is 8.46. The zero-order valence-corrected chi connectivity index (χ0v) is 19.5. The summed E-state index contributed by atoms with van der Waals surface area (Å²) < 4.78 is 16.4. The lowest BCUT2D eigenvalue weighted by atomic mass is 9.94. The fraction of sp³-hybridized carbons (Fsp3) is 0.333. The van der Waals surface area contributed by atoms with Gasteiger partial charge in [-0.3, -0.25) is 9.59 Å². The number of Topliss-reactive ketones (excluding diaryl/α,β-unsaturated/α-hetero) is 1. The van der Waals surface area contributed by atoms with Crippen molar-refractivity contribution in [2.75, 3.05) is 26.9 Å². The van der Waals surface area contributed by atoms with E-state index >= 15 is 0 Å². The predicted molar refractivity (Wildman–Crippen MR) is 128 cm³/mol. The molecule has 0 bridgehead atoms. The van der Waals surface area contributed by atoms with Crippen LogP contribution in [-0.4, -0.2) is 54.7 Å². The van der Waals surface area contributed by atoms with E-state index in [1.165, 1.54) is 4.90 Å². The fourth-order valence-corrected chi connectivity index (χ4v) is 4.46. The normalized spacial score (nSPS) is 20.8. The summed E-state index contributed by atoms with van der Waals surface area (Å²) in [5.41, 5.74) is 2.24. The monoisotopic (exact) mass is 463 g/mol. The molecule has 2 aromatic rings. The van der Waals surface area contributed by atoms with Crippen LogP contribution in [-0.2, 0) is 20.7 Å². The lowest BCUT2D eigenvalue weighted by molar-refractivity contribution is -0.140. The van der Waals surface area contributed by atoms with Gasteiger partial charge in [0.05, 0.1) is 11.6 Å². The molecule has 2 aliphatic rings. The van der Waals surface area contributed by atoms with Crippen molar-refractivity contribution in [3.05, 3.63) is 77.4 Å². The molecule has 2 aromatic carbocycles. The minimum absolute atomic E-state index is 0.0561. The molecule has 7 heteroatoms. The molecule has 178 valence electrons. The molecular formula is C27H29NO6. The topological polar surface area (TPSA) is 85.3 Å². The van der Waals surface area contributed by atoms with Crippen molar-refractivity contribution in [1.82, 2.24) is 4.90 Å². The lowest BCUT2D eigenvalue weighted by Crippen LogP contribution is -2.31. The van der Waals surface area contributed by atoms with E-state index in [0.717, 1.165) is 17.7 Å². The highest BCUT2D eigenvalue weighted by Gasteiger charge is 2.45. The van der Waals surface area contributed by atoms with Crippen LogP contribution in [0.4, 0.5) is 0 Å². The zero-order chi connectivity index (χ0) is 24.2. The average Bonchev–Trinajstić information content (AvgIpc) is 3.33. The fourth-order valence-electron chi connectivity index (χ4n) is 4.46. The summed E-state index contributed by atoms with van der Waals surface area (Å²) in [6, 6.07) is 11.8. The smallest absolute Gasteiger partial charge is 0.295 e. The summed E-state index contributed by atoms with van der Waals surface area (Å²) in [4.78, 5) is 27.6. The van der Waals surface area contributed by atoms with Crippen LogP contribution in [0.1, 0.15) is 36.1 Å². The van der Waals surface area contributed by atoms with E-state index < -0.39 is 17.7 Å². The van der Waals surface area contributed by atoms with Crippen molar-refractivity contribution >= 4 is 17.4 Å². The third kappa shape index (κ3) is 4.56. The van der Waals surface area contributed by atoms with Gasteiger partial charge in [0.15, 0.2) is 0 Å². The van der Waals surface area contributed by atoms with E-state index in [4.69, 9.17) is 14.2 Å². The standard InChI is InChI=1S/C27H29NO6/c1-4-13-33-21-9-6-18(7-10-21)24-23(26(30)27(31)28(24)12-5-14-32-3)25(29)19-8-11-22-20(16-19)15-17(2)34-22/h4,6-11,16-17,24,29H,1,5,12-15H2,2-3H3/t17-,24-/m0/s1. The number of benzene rings is 2. The van der Waals surface area contributed by atoms with Crippen molar-refractivity contribution in [2.45, 2.75) is 31.9 Å². The van der Waals surface area contributed by atoms with Crippen molar-refractivity contribution in [3.8, 4) is 11.5 Å². The SMILES string of the molecule is C=CCOc1ccc([C@H]2C(=C(O)c3ccc4c(c3)C[C@H](C)O4)C(=O)C(=O)N2CCCOC)cc1. The number of fused-ring (bicyclic) bond motifs is 1. The summed E-state index contributed by atoms with van der Waals surface area (Å²) >= 11 is 0. The Morgan fingerprint density at radius 2 is 2.00 bits per heavy atom. The minimum Gasteiger partial charge on any atom is -0.507 e. The molecule has 0 aromatic heterocycles. The first-order valence-corrected chi connectivity index (χ1v) is 11.4. The second kappa shape index (κ2) is 10.1. The molecule has 1 N–H and O–H groups in total. The zero-order valence-electron chi connectivity index (χ0n) is 19.5. The van der Waals surface area contributed by atoms with Gasteiger partial charge in [0.1, 0.15) is 30.0 Å². The molecule has 2 atom stereocenters. The minimum atomic E-state index is -0.714. The molecule has 0 unspecified atom stereocenters. The van der Waals surface area contributed by atoms with Crippen molar-refractivity contribution in [2.24, 2.45) is 0 Å². The number of rotatable bonds is 9. The van der Waals surface area contributed by atoms with Gasteiger partial charge in [0, 0.05) is 32.2 Å². The van der Waals surface area contributed by atoms with Crippen molar-refractivity contribution in [3.63, 3.8) is 0 Å². The molecule has 7 nitrogen and oxygen atoms in total. The van der Waals surface area contributed by atoms with Crippen LogP contribution >= 0.6 is 0 Å². The Hall–Kier alpha value is -3.58. The highest BCUT2D eigenvalue weighted by molar-refractivity contribution is 6.46. The third-order valence-corrected chi connectivity index (χ3v) is 6.02. The third-order valence-electron chi connectivity index (χ3n) is 6.02. The van der Waals surface area contributed by atoms with Crippen molar-refractivity contribution < 1.29 is 28.9 Å². The second-order valence-corrected chi connectivity index (χ2v) is 8.46. The largest absolute Gasteiger partial charge is 0.507 e. The van der Waals surface area contributed by atoms with E-state index in [2.05, 4.69) is 6.58 Å². The van der Waals surface area contributed by atoms with Gasteiger partial charge in [-0.25, -0.2) is 0 Å². The number of nitrogens with zero attached hydrogens (tertiary/aromatic N) is 1. The predicted octanol–water partition coefficient (Wildman–Crippen LogP) is 4.03. The van der Waals surface area contributed by atoms with E-state index in [1.54, 1.807) is 37.5 Å². The number of carbonyl (C=O) groups excluding carboxylic acids is 2. The molecule has 0 aliphatic carbocycles. The number of aliphatic hydroxyl groups is 1. The maximum Gasteiger partial charge on any atom is 0.295 e. The maximum absolute atomic E-state index is 13.1. The summed E-state index contributed by atoms with van der Waals surface area (Å²) in [6.07, 6.45) is 2.99. The molecule has 1 amide bonds. The number of amides is 1. The van der Waals surface area contributed by atoms with Gasteiger partial charge in [0.2, 0.25) is 0 Å². The molecular weight excluding hydrogens is 434 g/mol. The highest BCUT2D eigenvalue weighted by atomic mass is 16.5. The Bertz CT molecular complexity index is 1120. The van der Waals surface area contributed by atoms with Crippen LogP contribution in [0, 0.1) is 0 Å². The maximum atomic E-state index is 13.1. The Morgan fingerprint density at radius 1 is 1.24 bits per heavy atom. The molecule has 0 radical (unpaired) electrons. The van der Waals surface area contributed by atoms with Gasteiger partial charge in [-0.15, -0.1) is 0 Å². The van der Waals surface area contributed by atoms with Gasteiger partial charge >= 0.3 is 0 Å². The van der Waals surface area contributed by atoms with Gasteiger partial charge < -0.3 is 24.2 Å². The first kappa shape index (κ1) is 23.6. The van der Waals surface area contributed by atoms with Crippen LogP contribution in [0.2, 0.25) is 0 Å². The first-order chi connectivity index (χ1) is 16.4. The van der Waals surface area contributed by atoms with Gasteiger partial charge in [-0.1, -0.05) is 24.8 Å². The molecule has 0 spiro atoms.